The molecule has 0 radical (unpaired) electrons. The average molecular weight is 372 g/mol. The first-order chi connectivity index (χ1) is 12.7. The van der Waals surface area contributed by atoms with Crippen molar-refractivity contribution in [1.82, 2.24) is 4.90 Å². The van der Waals surface area contributed by atoms with Crippen LogP contribution in [0.3, 0.4) is 0 Å². The van der Waals surface area contributed by atoms with E-state index in [0.29, 0.717) is 11.5 Å². The van der Waals surface area contributed by atoms with Gasteiger partial charge in [-0.15, -0.1) is 11.8 Å². The van der Waals surface area contributed by atoms with Gasteiger partial charge < -0.3 is 14.4 Å². The molecule has 4 nitrogen and oxygen atoms in total. The SMILES string of the molecule is CCC(C(=O)N1CCSC1c1ccc(OC)c(OC)c1)c1ccccc1. The third-order valence-corrected chi connectivity index (χ3v) is 6.04. The maximum Gasteiger partial charge on any atom is 0.231 e. The van der Waals surface area contributed by atoms with Crippen LogP contribution >= 0.6 is 11.8 Å². The predicted octanol–water partition coefficient (Wildman–Crippen LogP) is 4.47. The van der Waals surface area contributed by atoms with Gasteiger partial charge in [0.15, 0.2) is 11.5 Å². The highest BCUT2D eigenvalue weighted by atomic mass is 32.2. The van der Waals surface area contributed by atoms with Crippen LogP contribution in [0, 0.1) is 0 Å². The summed E-state index contributed by atoms with van der Waals surface area (Å²) in [5, 5.41) is 0.0140. The molecule has 1 amide bonds. The number of methoxy groups -OCH3 is 2. The summed E-state index contributed by atoms with van der Waals surface area (Å²) >= 11 is 1.80. The minimum absolute atomic E-state index is 0.0140. The van der Waals surface area contributed by atoms with Gasteiger partial charge in [-0.2, -0.15) is 0 Å². The second-order valence-corrected chi connectivity index (χ2v) is 7.43. The van der Waals surface area contributed by atoms with E-state index in [1.54, 1.807) is 26.0 Å². The van der Waals surface area contributed by atoms with Crippen LogP contribution < -0.4 is 9.47 Å². The van der Waals surface area contributed by atoms with Crippen molar-refractivity contribution >= 4 is 17.7 Å². The summed E-state index contributed by atoms with van der Waals surface area (Å²) in [4.78, 5) is 15.3. The highest BCUT2D eigenvalue weighted by Gasteiger charge is 2.34. The van der Waals surface area contributed by atoms with Gasteiger partial charge in [0.05, 0.1) is 20.1 Å². The van der Waals surface area contributed by atoms with Crippen molar-refractivity contribution in [3.63, 3.8) is 0 Å². The fraction of sp³-hybridized carbons (Fsp3) is 0.381. The van der Waals surface area contributed by atoms with Gasteiger partial charge in [0.25, 0.3) is 0 Å². The van der Waals surface area contributed by atoms with Gasteiger partial charge in [-0.05, 0) is 29.7 Å². The monoisotopic (exact) mass is 371 g/mol. The fourth-order valence-corrected chi connectivity index (χ4v) is 4.67. The molecule has 2 aromatic rings. The number of hydrogen-bond donors (Lipinski definition) is 0. The van der Waals surface area contributed by atoms with E-state index >= 15 is 0 Å². The minimum atomic E-state index is -0.0995. The Morgan fingerprint density at radius 2 is 1.88 bits per heavy atom. The van der Waals surface area contributed by atoms with E-state index in [9.17, 15) is 4.79 Å². The summed E-state index contributed by atoms with van der Waals surface area (Å²) in [7, 11) is 3.26. The van der Waals surface area contributed by atoms with Crippen molar-refractivity contribution in [2.24, 2.45) is 0 Å². The number of carbonyl (C=O) groups is 1. The van der Waals surface area contributed by atoms with Crippen LogP contribution in [0.1, 0.15) is 35.8 Å². The molecular formula is C21H25NO3S. The van der Waals surface area contributed by atoms with Gasteiger partial charge in [-0.1, -0.05) is 43.3 Å². The van der Waals surface area contributed by atoms with Gasteiger partial charge in [0.2, 0.25) is 5.91 Å². The Bertz CT molecular complexity index is 750. The molecule has 0 bridgehead atoms. The highest BCUT2D eigenvalue weighted by molar-refractivity contribution is 7.99. The zero-order valence-electron chi connectivity index (χ0n) is 15.5. The summed E-state index contributed by atoms with van der Waals surface area (Å²) in [6, 6.07) is 16.0. The van der Waals surface area contributed by atoms with Gasteiger partial charge in [0.1, 0.15) is 5.37 Å². The van der Waals surface area contributed by atoms with E-state index in [2.05, 4.69) is 6.92 Å². The van der Waals surface area contributed by atoms with Crippen molar-refractivity contribution in [3.8, 4) is 11.5 Å². The topological polar surface area (TPSA) is 38.8 Å². The lowest BCUT2D eigenvalue weighted by molar-refractivity contribution is -0.133. The predicted molar refractivity (Wildman–Crippen MR) is 106 cm³/mol. The minimum Gasteiger partial charge on any atom is -0.493 e. The van der Waals surface area contributed by atoms with E-state index in [-0.39, 0.29) is 17.2 Å². The first-order valence-electron chi connectivity index (χ1n) is 8.88. The number of carbonyl (C=O) groups excluding carboxylic acids is 1. The van der Waals surface area contributed by atoms with E-state index < -0.39 is 0 Å². The quantitative estimate of drug-likeness (QED) is 0.751. The van der Waals surface area contributed by atoms with Crippen LogP contribution in [-0.2, 0) is 4.79 Å². The second kappa shape index (κ2) is 8.49. The zero-order chi connectivity index (χ0) is 18.5. The van der Waals surface area contributed by atoms with Crippen molar-refractivity contribution in [2.45, 2.75) is 24.6 Å². The van der Waals surface area contributed by atoms with Crippen LogP contribution in [0.25, 0.3) is 0 Å². The molecule has 0 aromatic heterocycles. The maximum atomic E-state index is 13.3. The normalized spacial score (nSPS) is 17.8. The molecule has 5 heteroatoms. The first kappa shape index (κ1) is 18.6. The molecule has 2 atom stereocenters. The van der Waals surface area contributed by atoms with Crippen molar-refractivity contribution in [1.29, 1.82) is 0 Å². The van der Waals surface area contributed by atoms with Gasteiger partial charge in [-0.3, -0.25) is 4.79 Å². The molecule has 138 valence electrons. The molecule has 0 saturated carbocycles. The molecule has 0 spiro atoms. The highest BCUT2D eigenvalue weighted by Crippen LogP contribution is 2.42. The Labute approximate surface area is 159 Å². The number of hydrogen-bond acceptors (Lipinski definition) is 4. The fourth-order valence-electron chi connectivity index (χ4n) is 3.42. The molecule has 2 unspecified atom stereocenters. The Morgan fingerprint density at radius 1 is 1.15 bits per heavy atom. The molecule has 0 N–H and O–H groups in total. The third kappa shape index (κ3) is 3.68. The van der Waals surface area contributed by atoms with Crippen LogP contribution in [0.4, 0.5) is 0 Å². The lowest BCUT2D eigenvalue weighted by Gasteiger charge is -2.28. The standard InChI is InChI=1S/C21H25NO3S/c1-4-17(15-8-6-5-7-9-15)20(23)22-12-13-26-21(22)16-10-11-18(24-2)19(14-16)25-3/h5-11,14,17,21H,4,12-13H2,1-3H3. The Balaban J connectivity index is 1.87. The van der Waals surface area contributed by atoms with Crippen LogP contribution in [0.15, 0.2) is 48.5 Å². The van der Waals surface area contributed by atoms with E-state index in [0.717, 1.165) is 29.8 Å². The first-order valence-corrected chi connectivity index (χ1v) is 9.93. The lowest BCUT2D eigenvalue weighted by Crippen LogP contribution is -2.34. The van der Waals surface area contributed by atoms with Crippen LogP contribution in [-0.4, -0.2) is 37.3 Å². The summed E-state index contributed by atoms with van der Waals surface area (Å²) < 4.78 is 10.8. The molecule has 1 aliphatic heterocycles. The molecular weight excluding hydrogens is 346 g/mol. The number of amides is 1. The molecule has 26 heavy (non-hydrogen) atoms. The number of rotatable bonds is 6. The Kier molecular flexibility index (Phi) is 6.09. The van der Waals surface area contributed by atoms with Crippen molar-refractivity contribution in [2.75, 3.05) is 26.5 Å². The molecule has 1 fully saturated rings. The zero-order valence-corrected chi connectivity index (χ0v) is 16.3. The Hall–Kier alpha value is -2.14. The van der Waals surface area contributed by atoms with Crippen molar-refractivity contribution in [3.05, 3.63) is 59.7 Å². The van der Waals surface area contributed by atoms with Crippen molar-refractivity contribution < 1.29 is 14.3 Å². The molecule has 3 rings (SSSR count). The molecule has 1 heterocycles. The maximum absolute atomic E-state index is 13.3. The molecule has 1 saturated heterocycles. The van der Waals surface area contributed by atoms with Gasteiger partial charge in [0, 0.05) is 12.3 Å². The Morgan fingerprint density at radius 3 is 2.54 bits per heavy atom. The summed E-state index contributed by atoms with van der Waals surface area (Å²) in [5.41, 5.74) is 2.16. The summed E-state index contributed by atoms with van der Waals surface area (Å²) in [5.74, 6) is 2.43. The third-order valence-electron chi connectivity index (χ3n) is 4.78. The second-order valence-electron chi connectivity index (χ2n) is 6.24. The van der Waals surface area contributed by atoms with E-state index in [1.165, 1.54) is 0 Å². The summed E-state index contributed by atoms with van der Waals surface area (Å²) in [6.07, 6.45) is 0.794. The van der Waals surface area contributed by atoms with Gasteiger partial charge in [-0.25, -0.2) is 0 Å². The number of ether oxygens (including phenoxy) is 2. The van der Waals surface area contributed by atoms with E-state index in [4.69, 9.17) is 9.47 Å². The van der Waals surface area contributed by atoms with E-state index in [1.807, 2.05) is 53.4 Å². The molecule has 2 aromatic carbocycles. The smallest absolute Gasteiger partial charge is 0.231 e. The summed E-state index contributed by atoms with van der Waals surface area (Å²) in [6.45, 7) is 2.84. The van der Waals surface area contributed by atoms with Gasteiger partial charge >= 0.3 is 0 Å². The number of benzene rings is 2. The molecule has 1 aliphatic rings. The number of nitrogens with zero attached hydrogens (tertiary/aromatic N) is 1. The van der Waals surface area contributed by atoms with Crippen LogP contribution in [0.2, 0.25) is 0 Å². The van der Waals surface area contributed by atoms with Crippen LogP contribution in [0.5, 0.6) is 11.5 Å². The largest absolute Gasteiger partial charge is 0.493 e. The number of thioether (sulfide) groups is 1. The average Bonchev–Trinajstić information content (AvgIpc) is 3.18. The molecule has 0 aliphatic carbocycles. The lowest BCUT2D eigenvalue weighted by atomic mass is 9.95.